The van der Waals surface area contributed by atoms with Crippen LogP contribution in [0.4, 0.5) is 5.69 Å². The fourth-order valence-electron chi connectivity index (χ4n) is 3.89. The minimum Gasteiger partial charge on any atom is -0.494 e. The van der Waals surface area contributed by atoms with Gasteiger partial charge < -0.3 is 24.3 Å². The summed E-state index contributed by atoms with van der Waals surface area (Å²) in [6.45, 7) is 4.46. The molecule has 1 aromatic carbocycles. The number of rotatable bonds is 3. The lowest BCUT2D eigenvalue weighted by Crippen LogP contribution is -2.56. The quantitative estimate of drug-likeness (QED) is 0.606. The SMILES string of the molecule is COc1ccc(N2CCN(C(=O)C3CNC3)CC2)c2oc(C#Cc3cccnc3)nc12.Cl. The number of amides is 1. The number of nitrogens with zero attached hydrogens (tertiary/aromatic N) is 4. The van der Waals surface area contributed by atoms with Gasteiger partial charge in [-0.1, -0.05) is 5.92 Å². The number of hydrogen-bond donors (Lipinski definition) is 1. The second-order valence-electron chi connectivity index (χ2n) is 7.64. The summed E-state index contributed by atoms with van der Waals surface area (Å²) in [5.74, 6) is 7.36. The van der Waals surface area contributed by atoms with Crippen LogP contribution in [0.15, 0.2) is 41.1 Å². The number of benzene rings is 1. The molecule has 4 heterocycles. The first kappa shape index (κ1) is 21.9. The maximum Gasteiger partial charge on any atom is 0.274 e. The predicted octanol–water partition coefficient (Wildman–Crippen LogP) is 1.92. The molecule has 8 nitrogen and oxygen atoms in total. The Bertz CT molecular complexity index is 1160. The fourth-order valence-corrected chi connectivity index (χ4v) is 3.89. The third-order valence-corrected chi connectivity index (χ3v) is 5.74. The van der Waals surface area contributed by atoms with E-state index < -0.39 is 0 Å². The smallest absolute Gasteiger partial charge is 0.274 e. The number of methoxy groups -OCH3 is 1. The van der Waals surface area contributed by atoms with Crippen molar-refractivity contribution in [1.82, 2.24) is 20.2 Å². The topological polar surface area (TPSA) is 83.7 Å². The van der Waals surface area contributed by atoms with Gasteiger partial charge in [-0.2, -0.15) is 4.98 Å². The van der Waals surface area contributed by atoms with Crippen LogP contribution in [0.5, 0.6) is 5.75 Å². The van der Waals surface area contributed by atoms with Crippen molar-refractivity contribution in [3.8, 4) is 17.6 Å². The molecular formula is C23H24ClN5O3. The number of anilines is 1. The summed E-state index contributed by atoms with van der Waals surface area (Å²) in [4.78, 5) is 25.3. The zero-order chi connectivity index (χ0) is 21.2. The first-order chi connectivity index (χ1) is 15.2. The van der Waals surface area contributed by atoms with Gasteiger partial charge in [0, 0.05) is 57.2 Å². The lowest BCUT2D eigenvalue weighted by atomic mass is 10.0. The summed E-state index contributed by atoms with van der Waals surface area (Å²) in [6, 6.07) is 7.60. The van der Waals surface area contributed by atoms with Crippen molar-refractivity contribution >= 4 is 35.1 Å². The standard InChI is InChI=1S/C23H23N5O3.ClH/c1-30-19-6-5-18(27-9-11-28(12-10-27)23(29)17-14-25-15-17)22-21(19)26-20(31-22)7-4-16-3-2-8-24-13-16;/h2-3,5-6,8,13,17,25H,9-12,14-15H2,1H3;1H. The molecule has 0 spiro atoms. The molecule has 32 heavy (non-hydrogen) atoms. The molecule has 1 N–H and O–H groups in total. The first-order valence-corrected chi connectivity index (χ1v) is 10.4. The van der Waals surface area contributed by atoms with Crippen molar-refractivity contribution in [2.24, 2.45) is 5.92 Å². The van der Waals surface area contributed by atoms with Crippen LogP contribution in [0.2, 0.25) is 0 Å². The molecule has 5 rings (SSSR count). The number of oxazole rings is 1. The Kier molecular flexibility index (Phi) is 6.49. The Morgan fingerprint density at radius 1 is 1.19 bits per heavy atom. The number of carbonyl (C=O) groups excluding carboxylic acids is 1. The summed E-state index contributed by atoms with van der Waals surface area (Å²) in [5, 5.41) is 3.17. The molecule has 1 amide bonds. The molecule has 2 aliphatic rings. The molecular weight excluding hydrogens is 430 g/mol. The van der Waals surface area contributed by atoms with Gasteiger partial charge in [0.05, 0.1) is 18.7 Å². The highest BCUT2D eigenvalue weighted by molar-refractivity contribution is 5.92. The van der Waals surface area contributed by atoms with Crippen molar-refractivity contribution in [3.63, 3.8) is 0 Å². The molecule has 2 saturated heterocycles. The average Bonchev–Trinajstić information content (AvgIpc) is 3.21. The van der Waals surface area contributed by atoms with E-state index in [0.29, 0.717) is 35.8 Å². The minimum absolute atomic E-state index is 0. The molecule has 9 heteroatoms. The molecule has 2 fully saturated rings. The monoisotopic (exact) mass is 453 g/mol. The second kappa shape index (κ2) is 9.47. The van der Waals surface area contributed by atoms with Crippen molar-refractivity contribution in [3.05, 3.63) is 48.1 Å². The van der Waals surface area contributed by atoms with Crippen LogP contribution in [0.25, 0.3) is 11.1 Å². The number of fused-ring (bicyclic) bond motifs is 1. The summed E-state index contributed by atoms with van der Waals surface area (Å²) in [6.07, 6.45) is 3.40. The van der Waals surface area contributed by atoms with E-state index in [0.717, 1.165) is 37.4 Å². The van der Waals surface area contributed by atoms with Gasteiger partial charge in [0.25, 0.3) is 5.89 Å². The normalized spacial score (nSPS) is 16.0. The van der Waals surface area contributed by atoms with Gasteiger partial charge in [-0.05, 0) is 30.2 Å². The number of aromatic nitrogens is 2. The number of pyridine rings is 1. The third-order valence-electron chi connectivity index (χ3n) is 5.74. The maximum atomic E-state index is 12.5. The zero-order valence-corrected chi connectivity index (χ0v) is 18.5. The molecule has 2 aliphatic heterocycles. The summed E-state index contributed by atoms with van der Waals surface area (Å²) in [7, 11) is 1.61. The Labute approximate surface area is 192 Å². The molecule has 0 aliphatic carbocycles. The zero-order valence-electron chi connectivity index (χ0n) is 17.7. The Morgan fingerprint density at radius 3 is 2.66 bits per heavy atom. The Morgan fingerprint density at radius 2 is 2.00 bits per heavy atom. The van der Waals surface area contributed by atoms with Crippen molar-refractivity contribution in [2.45, 2.75) is 0 Å². The van der Waals surface area contributed by atoms with Crippen LogP contribution < -0.4 is 15.0 Å². The lowest BCUT2D eigenvalue weighted by Gasteiger charge is -2.39. The summed E-state index contributed by atoms with van der Waals surface area (Å²) < 4.78 is 11.5. The number of nitrogens with one attached hydrogen (secondary N) is 1. The molecule has 0 radical (unpaired) electrons. The van der Waals surface area contributed by atoms with Gasteiger partial charge in [0.15, 0.2) is 11.1 Å². The van der Waals surface area contributed by atoms with Crippen LogP contribution in [0, 0.1) is 17.8 Å². The molecule has 166 valence electrons. The van der Waals surface area contributed by atoms with Crippen molar-refractivity contribution < 1.29 is 13.9 Å². The average molecular weight is 454 g/mol. The highest BCUT2D eigenvalue weighted by Crippen LogP contribution is 2.34. The molecule has 2 aromatic heterocycles. The van der Waals surface area contributed by atoms with Crippen LogP contribution >= 0.6 is 12.4 Å². The largest absolute Gasteiger partial charge is 0.494 e. The lowest BCUT2D eigenvalue weighted by molar-refractivity contribution is -0.137. The molecule has 0 bridgehead atoms. The Balaban J connectivity index is 0.00000245. The molecule has 3 aromatic rings. The molecule has 0 saturated carbocycles. The van der Waals surface area contributed by atoms with Crippen LogP contribution in [-0.4, -0.2) is 67.2 Å². The summed E-state index contributed by atoms with van der Waals surface area (Å²) in [5.41, 5.74) is 3.03. The summed E-state index contributed by atoms with van der Waals surface area (Å²) >= 11 is 0. The van der Waals surface area contributed by atoms with E-state index in [1.54, 1.807) is 19.5 Å². The van der Waals surface area contributed by atoms with E-state index in [4.69, 9.17) is 9.15 Å². The van der Waals surface area contributed by atoms with E-state index in [9.17, 15) is 4.79 Å². The van der Waals surface area contributed by atoms with Crippen LogP contribution in [0.1, 0.15) is 11.5 Å². The van der Waals surface area contributed by atoms with Gasteiger partial charge in [-0.3, -0.25) is 9.78 Å². The van der Waals surface area contributed by atoms with E-state index >= 15 is 0 Å². The number of piperazine rings is 1. The van der Waals surface area contributed by atoms with Gasteiger partial charge in [0.2, 0.25) is 5.91 Å². The highest BCUT2D eigenvalue weighted by atomic mass is 35.5. The van der Waals surface area contributed by atoms with Crippen LogP contribution in [0.3, 0.4) is 0 Å². The van der Waals surface area contributed by atoms with Crippen molar-refractivity contribution in [1.29, 1.82) is 0 Å². The van der Waals surface area contributed by atoms with Crippen LogP contribution in [-0.2, 0) is 4.79 Å². The Hall–Kier alpha value is -3.28. The van der Waals surface area contributed by atoms with Gasteiger partial charge in [-0.15, -0.1) is 12.4 Å². The maximum absolute atomic E-state index is 12.5. The number of carbonyl (C=O) groups is 1. The molecule has 0 atom stereocenters. The van der Waals surface area contributed by atoms with E-state index in [1.165, 1.54) is 0 Å². The van der Waals surface area contributed by atoms with Gasteiger partial charge in [-0.25, -0.2) is 0 Å². The fraction of sp³-hybridized carbons (Fsp3) is 0.348. The van der Waals surface area contributed by atoms with Gasteiger partial charge in [0.1, 0.15) is 5.75 Å². The van der Waals surface area contributed by atoms with E-state index in [-0.39, 0.29) is 24.2 Å². The predicted molar refractivity (Wildman–Crippen MR) is 123 cm³/mol. The molecule has 0 unspecified atom stereocenters. The highest BCUT2D eigenvalue weighted by Gasteiger charge is 2.31. The van der Waals surface area contributed by atoms with E-state index in [1.807, 2.05) is 29.2 Å². The minimum atomic E-state index is 0. The van der Waals surface area contributed by atoms with E-state index in [2.05, 4.69) is 32.0 Å². The number of hydrogen-bond acceptors (Lipinski definition) is 7. The number of halogens is 1. The first-order valence-electron chi connectivity index (χ1n) is 10.4. The second-order valence-corrected chi connectivity index (χ2v) is 7.64. The van der Waals surface area contributed by atoms with Gasteiger partial charge >= 0.3 is 0 Å². The number of ether oxygens (including phenoxy) is 1. The third kappa shape index (κ3) is 4.22. The van der Waals surface area contributed by atoms with Crippen molar-refractivity contribution in [2.75, 3.05) is 51.3 Å².